The first-order chi connectivity index (χ1) is 8.38. The number of hydrogen-bond acceptors (Lipinski definition) is 6. The van der Waals surface area contributed by atoms with E-state index in [0.29, 0.717) is 18.1 Å². The Labute approximate surface area is 116 Å². The Morgan fingerprint density at radius 3 is 2.83 bits per heavy atom. The summed E-state index contributed by atoms with van der Waals surface area (Å²) in [7, 11) is -3.15. The number of rotatable bonds is 2. The van der Waals surface area contributed by atoms with Crippen molar-refractivity contribution in [2.24, 2.45) is 0 Å². The van der Waals surface area contributed by atoms with E-state index in [0.717, 1.165) is 11.4 Å². The largest absolute Gasteiger partial charge is 0.338 e. The summed E-state index contributed by atoms with van der Waals surface area (Å²) >= 11 is 7.47. The summed E-state index contributed by atoms with van der Waals surface area (Å²) in [5, 5.41) is -0.392. The van der Waals surface area contributed by atoms with E-state index in [4.69, 9.17) is 11.6 Å². The molecule has 0 bridgehead atoms. The normalized spacial score (nSPS) is 21.1. The molecule has 0 amide bonds. The molecule has 1 unspecified atom stereocenters. The average Bonchev–Trinajstić information content (AvgIpc) is 2.26. The van der Waals surface area contributed by atoms with Gasteiger partial charge in [0.05, 0.1) is 0 Å². The Morgan fingerprint density at radius 2 is 2.22 bits per heavy atom. The van der Waals surface area contributed by atoms with Crippen LogP contribution in [-0.2, 0) is 9.84 Å². The summed E-state index contributed by atoms with van der Waals surface area (Å²) in [4.78, 5) is 9.92. The highest BCUT2D eigenvalue weighted by atomic mass is 35.5. The number of aromatic nitrogens is 2. The van der Waals surface area contributed by atoms with Gasteiger partial charge in [-0.15, -0.1) is 0 Å². The Morgan fingerprint density at radius 1 is 1.50 bits per heavy atom. The molecule has 1 aromatic heterocycles. The topological polar surface area (TPSA) is 63.2 Å². The third-order valence-corrected chi connectivity index (χ3v) is 5.50. The van der Waals surface area contributed by atoms with Crippen LogP contribution in [0.2, 0.25) is 5.28 Å². The molecular formula is C10H14ClN3O2S2. The average molecular weight is 308 g/mol. The van der Waals surface area contributed by atoms with Gasteiger partial charge in [0, 0.05) is 36.1 Å². The number of anilines is 1. The van der Waals surface area contributed by atoms with Crippen molar-refractivity contribution in [2.45, 2.75) is 12.3 Å². The van der Waals surface area contributed by atoms with Crippen molar-refractivity contribution in [3.8, 4) is 0 Å². The highest BCUT2D eigenvalue weighted by Crippen LogP contribution is 2.26. The molecule has 1 saturated heterocycles. The molecule has 0 aliphatic carbocycles. The molecule has 1 aliphatic rings. The SMILES string of the molecule is Cc1cc(N2CCSCC2S(C)(=O)=O)nc(Cl)n1. The quantitative estimate of drug-likeness (QED) is 0.769. The van der Waals surface area contributed by atoms with Crippen molar-refractivity contribution in [2.75, 3.05) is 29.2 Å². The van der Waals surface area contributed by atoms with Crippen molar-refractivity contribution in [3.05, 3.63) is 17.0 Å². The highest BCUT2D eigenvalue weighted by molar-refractivity contribution is 8.01. The fourth-order valence-electron chi connectivity index (χ4n) is 1.86. The molecule has 100 valence electrons. The lowest BCUT2D eigenvalue weighted by Crippen LogP contribution is -2.47. The summed E-state index contributed by atoms with van der Waals surface area (Å²) in [5.41, 5.74) is 0.732. The van der Waals surface area contributed by atoms with Gasteiger partial charge in [-0.1, -0.05) is 0 Å². The van der Waals surface area contributed by atoms with E-state index in [9.17, 15) is 8.42 Å². The summed E-state index contributed by atoms with van der Waals surface area (Å²) in [6.07, 6.45) is 1.26. The van der Waals surface area contributed by atoms with Crippen LogP contribution in [0.25, 0.3) is 0 Å². The van der Waals surface area contributed by atoms with Gasteiger partial charge < -0.3 is 4.90 Å². The van der Waals surface area contributed by atoms with E-state index in [2.05, 4.69) is 9.97 Å². The minimum Gasteiger partial charge on any atom is -0.338 e. The van der Waals surface area contributed by atoms with Crippen LogP contribution >= 0.6 is 23.4 Å². The molecule has 1 aromatic rings. The lowest BCUT2D eigenvalue weighted by Gasteiger charge is -2.34. The van der Waals surface area contributed by atoms with Crippen LogP contribution < -0.4 is 4.90 Å². The maximum absolute atomic E-state index is 11.8. The van der Waals surface area contributed by atoms with E-state index < -0.39 is 15.2 Å². The minimum atomic E-state index is -3.15. The number of thioether (sulfide) groups is 1. The first kappa shape index (κ1) is 13.9. The predicted molar refractivity (Wildman–Crippen MR) is 75.1 cm³/mol. The van der Waals surface area contributed by atoms with E-state index in [1.54, 1.807) is 22.7 Å². The molecule has 1 aliphatic heterocycles. The summed E-state index contributed by atoms with van der Waals surface area (Å²) in [6, 6.07) is 1.76. The smallest absolute Gasteiger partial charge is 0.224 e. The predicted octanol–water partition coefficient (Wildman–Crippen LogP) is 1.36. The van der Waals surface area contributed by atoms with Gasteiger partial charge >= 0.3 is 0 Å². The van der Waals surface area contributed by atoms with Gasteiger partial charge in [-0.25, -0.2) is 18.4 Å². The molecule has 1 atom stereocenters. The van der Waals surface area contributed by atoms with Crippen LogP contribution in [0.3, 0.4) is 0 Å². The molecule has 0 radical (unpaired) electrons. The number of hydrogen-bond donors (Lipinski definition) is 0. The number of sulfone groups is 1. The molecule has 0 saturated carbocycles. The van der Waals surface area contributed by atoms with E-state index >= 15 is 0 Å². The summed E-state index contributed by atoms with van der Waals surface area (Å²) < 4.78 is 23.6. The minimum absolute atomic E-state index is 0.149. The molecule has 0 aromatic carbocycles. The van der Waals surface area contributed by atoms with Crippen molar-refractivity contribution >= 4 is 39.0 Å². The molecule has 2 heterocycles. The first-order valence-electron chi connectivity index (χ1n) is 5.42. The van der Waals surface area contributed by atoms with Crippen LogP contribution in [-0.4, -0.2) is 48.1 Å². The maximum atomic E-state index is 11.8. The van der Waals surface area contributed by atoms with Crippen LogP contribution in [0.5, 0.6) is 0 Å². The number of nitrogens with zero attached hydrogens (tertiary/aromatic N) is 3. The van der Waals surface area contributed by atoms with Crippen LogP contribution in [0.1, 0.15) is 5.69 Å². The first-order valence-corrected chi connectivity index (χ1v) is 8.91. The second kappa shape index (κ2) is 5.22. The highest BCUT2D eigenvalue weighted by Gasteiger charge is 2.32. The van der Waals surface area contributed by atoms with Gasteiger partial charge in [-0.05, 0) is 18.5 Å². The fourth-order valence-corrected chi connectivity index (χ4v) is 4.91. The van der Waals surface area contributed by atoms with Crippen molar-refractivity contribution in [1.29, 1.82) is 0 Å². The van der Waals surface area contributed by atoms with Crippen molar-refractivity contribution in [3.63, 3.8) is 0 Å². The molecular weight excluding hydrogens is 294 g/mol. The lowest BCUT2D eigenvalue weighted by atomic mass is 10.4. The molecule has 8 heteroatoms. The number of halogens is 1. The standard InChI is InChI=1S/C10H14ClN3O2S2/c1-7-5-8(13-10(11)12-7)14-3-4-17-6-9(14)18(2,15)16/h5,9H,3-4,6H2,1-2H3. The molecule has 18 heavy (non-hydrogen) atoms. The Hall–Kier alpha value is -0.530. The Bertz CT molecular complexity index is 530. The van der Waals surface area contributed by atoms with Crippen LogP contribution in [0.15, 0.2) is 6.07 Å². The molecule has 2 rings (SSSR count). The van der Waals surface area contributed by atoms with Gasteiger partial charge in [0.25, 0.3) is 0 Å². The van der Waals surface area contributed by atoms with Crippen LogP contribution in [0, 0.1) is 6.92 Å². The van der Waals surface area contributed by atoms with Crippen LogP contribution in [0.4, 0.5) is 5.82 Å². The lowest BCUT2D eigenvalue weighted by molar-refractivity contribution is 0.583. The molecule has 0 N–H and O–H groups in total. The third kappa shape index (κ3) is 3.07. The third-order valence-electron chi connectivity index (χ3n) is 2.69. The van der Waals surface area contributed by atoms with E-state index in [-0.39, 0.29) is 5.28 Å². The zero-order valence-corrected chi connectivity index (χ0v) is 12.5. The van der Waals surface area contributed by atoms with Crippen molar-refractivity contribution in [1.82, 2.24) is 9.97 Å². The van der Waals surface area contributed by atoms with Gasteiger partial charge in [-0.2, -0.15) is 11.8 Å². The zero-order chi connectivity index (χ0) is 13.3. The summed E-state index contributed by atoms with van der Waals surface area (Å²) in [6.45, 7) is 2.46. The second-order valence-corrected chi connectivity index (χ2v) is 7.88. The number of aryl methyl sites for hydroxylation is 1. The zero-order valence-electron chi connectivity index (χ0n) is 10.1. The maximum Gasteiger partial charge on any atom is 0.224 e. The van der Waals surface area contributed by atoms with Gasteiger partial charge in [0.2, 0.25) is 5.28 Å². The molecule has 5 nitrogen and oxygen atoms in total. The fraction of sp³-hybridized carbons (Fsp3) is 0.600. The second-order valence-electron chi connectivity index (χ2n) is 4.19. The van der Waals surface area contributed by atoms with Gasteiger partial charge in [0.1, 0.15) is 11.2 Å². The van der Waals surface area contributed by atoms with Gasteiger partial charge in [-0.3, -0.25) is 0 Å². The molecule has 1 fully saturated rings. The van der Waals surface area contributed by atoms with Crippen molar-refractivity contribution < 1.29 is 8.42 Å². The summed E-state index contributed by atoms with van der Waals surface area (Å²) in [5.74, 6) is 2.02. The monoisotopic (exact) mass is 307 g/mol. The van der Waals surface area contributed by atoms with E-state index in [1.165, 1.54) is 6.26 Å². The Kier molecular flexibility index (Phi) is 4.03. The Balaban J connectivity index is 2.40. The van der Waals surface area contributed by atoms with Gasteiger partial charge in [0.15, 0.2) is 9.84 Å². The molecule has 0 spiro atoms. The van der Waals surface area contributed by atoms with E-state index in [1.807, 2.05) is 6.92 Å².